The molecule has 0 aliphatic heterocycles. The lowest BCUT2D eigenvalue weighted by atomic mass is 10.3. The van der Waals surface area contributed by atoms with Crippen molar-refractivity contribution in [2.24, 2.45) is 0 Å². The Hall–Kier alpha value is -1.91. The van der Waals surface area contributed by atoms with Gasteiger partial charge in [-0.1, -0.05) is 19.1 Å². The molecule has 0 aliphatic carbocycles. The van der Waals surface area contributed by atoms with Crippen LogP contribution in [0.15, 0.2) is 24.3 Å². The normalized spacial score (nSPS) is 10.8. The molecule has 1 heterocycles. The van der Waals surface area contributed by atoms with Gasteiger partial charge in [0.05, 0.1) is 0 Å². The maximum Gasteiger partial charge on any atom is 0.221 e. The van der Waals surface area contributed by atoms with Crippen molar-refractivity contribution in [2.75, 3.05) is 23.3 Å². The fraction of sp³-hybridized carbons (Fsp3) is 0.364. The van der Waals surface area contributed by atoms with Crippen LogP contribution in [0, 0.1) is 5.21 Å². The van der Waals surface area contributed by atoms with E-state index in [0.717, 1.165) is 25.1 Å². The van der Waals surface area contributed by atoms with Gasteiger partial charge in [0.15, 0.2) is 0 Å². The summed E-state index contributed by atoms with van der Waals surface area (Å²) in [6.45, 7) is 2.88. The Balaban J connectivity index is 2.52. The quantitative estimate of drug-likeness (QED) is 0.302. The Morgan fingerprint density at radius 1 is 1.31 bits per heavy atom. The highest BCUT2D eigenvalue weighted by Gasteiger charge is 2.02. The average molecular weight is 222 g/mol. The number of anilines is 3. The van der Waals surface area contributed by atoms with Crippen molar-refractivity contribution in [1.82, 2.24) is 0 Å². The van der Waals surface area contributed by atoms with Crippen molar-refractivity contribution in [3.63, 3.8) is 0 Å². The average Bonchev–Trinajstić information content (AvgIpc) is 2.25. The van der Waals surface area contributed by atoms with Gasteiger partial charge in [-0.2, -0.15) is 0 Å². The van der Waals surface area contributed by atoms with E-state index >= 15 is 0 Å². The molecule has 1 aromatic rings. The number of hydrogen-bond donors (Lipinski definition) is 3. The molecule has 88 valence electrons. The molecule has 0 spiro atoms. The summed E-state index contributed by atoms with van der Waals surface area (Å²) < 4.78 is 0.502. The number of nitrogens with one attached hydrogen (secondary N) is 1. The van der Waals surface area contributed by atoms with E-state index < -0.39 is 0 Å². The highest BCUT2D eigenvalue weighted by Crippen LogP contribution is 2.12. The smallest absolute Gasteiger partial charge is 0.221 e. The van der Waals surface area contributed by atoms with Crippen LogP contribution in [0.5, 0.6) is 0 Å². The second kappa shape index (κ2) is 5.85. The standard InChI is InChI=1S/C11H18N4O/c1-2-3-4-5-6-14-9-7-10(12)15(16)11(13)8-9/h3-4,7-8,14H,2,5-6,12-13H2,1H3/b4-3+. The fourth-order valence-corrected chi connectivity index (χ4v) is 1.31. The summed E-state index contributed by atoms with van der Waals surface area (Å²) >= 11 is 0. The Morgan fingerprint density at radius 2 is 1.94 bits per heavy atom. The highest BCUT2D eigenvalue weighted by atomic mass is 16.5. The first-order valence-corrected chi connectivity index (χ1v) is 5.32. The zero-order chi connectivity index (χ0) is 12.0. The lowest BCUT2D eigenvalue weighted by Gasteiger charge is -2.12. The van der Waals surface area contributed by atoms with Gasteiger partial charge in [-0.3, -0.25) is 0 Å². The minimum Gasteiger partial charge on any atom is -0.740 e. The lowest BCUT2D eigenvalue weighted by Crippen LogP contribution is -2.34. The molecular formula is C11H18N4O. The molecule has 0 saturated carbocycles. The summed E-state index contributed by atoms with van der Waals surface area (Å²) in [7, 11) is 0. The van der Waals surface area contributed by atoms with Crippen molar-refractivity contribution < 1.29 is 4.73 Å². The number of aromatic nitrogens is 1. The molecule has 0 fully saturated rings. The zero-order valence-corrected chi connectivity index (χ0v) is 9.44. The van der Waals surface area contributed by atoms with Crippen LogP contribution in [0.4, 0.5) is 17.3 Å². The van der Waals surface area contributed by atoms with Gasteiger partial charge in [0.1, 0.15) is 0 Å². The minimum atomic E-state index is 0.103. The van der Waals surface area contributed by atoms with Crippen LogP contribution in [-0.2, 0) is 0 Å². The first kappa shape index (κ1) is 12.2. The number of nitrogen functional groups attached to an aromatic ring is 2. The number of pyridine rings is 1. The van der Waals surface area contributed by atoms with Gasteiger partial charge in [-0.15, -0.1) is 0 Å². The molecule has 0 radical (unpaired) electrons. The van der Waals surface area contributed by atoms with E-state index in [1.165, 1.54) is 0 Å². The van der Waals surface area contributed by atoms with Gasteiger partial charge < -0.3 is 22.0 Å². The van der Waals surface area contributed by atoms with Crippen LogP contribution in [0.2, 0.25) is 0 Å². The number of hydrogen-bond acceptors (Lipinski definition) is 4. The summed E-state index contributed by atoms with van der Waals surface area (Å²) in [5.74, 6) is 0.207. The van der Waals surface area contributed by atoms with Crippen LogP contribution >= 0.6 is 0 Å². The molecule has 0 unspecified atom stereocenters. The van der Waals surface area contributed by atoms with E-state index in [2.05, 4.69) is 24.4 Å². The number of rotatable bonds is 5. The second-order valence-electron chi connectivity index (χ2n) is 3.48. The van der Waals surface area contributed by atoms with E-state index in [-0.39, 0.29) is 11.6 Å². The van der Waals surface area contributed by atoms with Crippen molar-refractivity contribution in [3.05, 3.63) is 29.5 Å². The SMILES string of the molecule is CC/C=C/CCNc1cc(N)[n+]([O-])c(N)c1. The first-order chi connectivity index (χ1) is 7.65. The molecule has 5 nitrogen and oxygen atoms in total. The maximum absolute atomic E-state index is 11.2. The monoisotopic (exact) mass is 222 g/mol. The van der Waals surface area contributed by atoms with Gasteiger partial charge in [0.2, 0.25) is 11.6 Å². The van der Waals surface area contributed by atoms with Crippen LogP contribution in [0.25, 0.3) is 0 Å². The van der Waals surface area contributed by atoms with E-state index in [1.54, 1.807) is 12.1 Å². The summed E-state index contributed by atoms with van der Waals surface area (Å²) in [5.41, 5.74) is 11.8. The summed E-state index contributed by atoms with van der Waals surface area (Å²) in [6, 6.07) is 3.15. The molecular weight excluding hydrogens is 204 g/mol. The lowest BCUT2D eigenvalue weighted by molar-refractivity contribution is -0.574. The zero-order valence-electron chi connectivity index (χ0n) is 9.44. The van der Waals surface area contributed by atoms with Crippen molar-refractivity contribution >= 4 is 17.3 Å². The molecule has 0 aliphatic rings. The highest BCUT2D eigenvalue weighted by molar-refractivity contribution is 5.53. The van der Waals surface area contributed by atoms with Crippen molar-refractivity contribution in [3.8, 4) is 0 Å². The third-order valence-electron chi connectivity index (χ3n) is 2.12. The molecule has 0 aromatic carbocycles. The largest absolute Gasteiger partial charge is 0.740 e. The topological polar surface area (TPSA) is 91.0 Å². The molecule has 5 heteroatoms. The van der Waals surface area contributed by atoms with Gasteiger partial charge in [0, 0.05) is 24.4 Å². The minimum absolute atomic E-state index is 0.103. The first-order valence-electron chi connectivity index (χ1n) is 5.32. The fourth-order valence-electron chi connectivity index (χ4n) is 1.31. The van der Waals surface area contributed by atoms with E-state index in [1.807, 2.05) is 0 Å². The van der Waals surface area contributed by atoms with Crippen molar-refractivity contribution in [2.45, 2.75) is 19.8 Å². The van der Waals surface area contributed by atoms with E-state index in [9.17, 15) is 5.21 Å². The third-order valence-corrected chi connectivity index (χ3v) is 2.12. The van der Waals surface area contributed by atoms with Crippen LogP contribution < -0.4 is 21.5 Å². The van der Waals surface area contributed by atoms with Crippen LogP contribution in [-0.4, -0.2) is 6.54 Å². The molecule has 0 bridgehead atoms. The van der Waals surface area contributed by atoms with Gasteiger partial charge >= 0.3 is 0 Å². The number of allylic oxidation sites excluding steroid dienone is 1. The molecule has 0 atom stereocenters. The van der Waals surface area contributed by atoms with Crippen molar-refractivity contribution in [1.29, 1.82) is 0 Å². The third kappa shape index (κ3) is 3.34. The van der Waals surface area contributed by atoms with Crippen LogP contribution in [0.3, 0.4) is 0 Å². The molecule has 16 heavy (non-hydrogen) atoms. The van der Waals surface area contributed by atoms with Gasteiger partial charge in [0.25, 0.3) is 0 Å². The molecule has 1 rings (SSSR count). The summed E-state index contributed by atoms with van der Waals surface area (Å²) in [6.07, 6.45) is 6.19. The Kier molecular flexibility index (Phi) is 4.44. The molecule has 1 aromatic heterocycles. The van der Waals surface area contributed by atoms with Gasteiger partial charge in [-0.05, 0) is 12.8 Å². The second-order valence-corrected chi connectivity index (χ2v) is 3.48. The number of nitrogens with two attached hydrogens (primary N) is 2. The Labute approximate surface area is 95.3 Å². The molecule has 0 amide bonds. The predicted octanol–water partition coefficient (Wildman–Crippen LogP) is 1.25. The predicted molar refractivity (Wildman–Crippen MR) is 66.8 cm³/mol. The summed E-state index contributed by atoms with van der Waals surface area (Å²) in [4.78, 5) is 0. The van der Waals surface area contributed by atoms with E-state index in [4.69, 9.17) is 11.5 Å². The maximum atomic E-state index is 11.2. The Morgan fingerprint density at radius 3 is 2.50 bits per heavy atom. The number of nitrogens with zero attached hydrogens (tertiary/aromatic N) is 1. The van der Waals surface area contributed by atoms with E-state index in [0.29, 0.717) is 4.73 Å². The summed E-state index contributed by atoms with van der Waals surface area (Å²) in [5, 5.41) is 14.3. The molecule has 0 saturated heterocycles. The van der Waals surface area contributed by atoms with Crippen LogP contribution in [0.1, 0.15) is 19.8 Å². The Bertz CT molecular complexity index is 353. The van der Waals surface area contributed by atoms with Gasteiger partial charge in [-0.25, -0.2) is 4.73 Å². The molecule has 5 N–H and O–H groups in total.